The van der Waals surface area contributed by atoms with Gasteiger partial charge in [0.1, 0.15) is 0 Å². The molecule has 0 amide bonds. The van der Waals surface area contributed by atoms with E-state index in [2.05, 4.69) is 72.8 Å². The maximum atomic E-state index is 2.33. The van der Waals surface area contributed by atoms with E-state index in [4.69, 9.17) is 0 Å². The largest absolute Gasteiger partial charge is 0.0801 e. The van der Waals surface area contributed by atoms with Crippen LogP contribution in [-0.4, -0.2) is 0 Å². The van der Waals surface area contributed by atoms with Crippen molar-refractivity contribution in [1.82, 2.24) is 0 Å². The Kier molecular flexibility index (Phi) is 2.09. The summed E-state index contributed by atoms with van der Waals surface area (Å²) in [7, 11) is 0. The van der Waals surface area contributed by atoms with Crippen LogP contribution >= 0.6 is 0 Å². The molecule has 21 heavy (non-hydrogen) atoms. The lowest BCUT2D eigenvalue weighted by atomic mass is 9.92. The molecule has 0 nitrogen and oxygen atoms in total. The number of fused-ring (bicyclic) bond motifs is 2. The highest BCUT2D eigenvalue weighted by atomic mass is 14.1. The van der Waals surface area contributed by atoms with E-state index in [0.717, 1.165) is 6.42 Å². The maximum Gasteiger partial charge on any atom is -0.00205 e. The van der Waals surface area contributed by atoms with Crippen LogP contribution in [-0.2, 0) is 0 Å². The summed E-state index contributed by atoms with van der Waals surface area (Å²) in [5.74, 6) is 0. The molecule has 0 N–H and O–H groups in total. The van der Waals surface area contributed by atoms with Crippen molar-refractivity contribution in [2.24, 2.45) is 0 Å². The van der Waals surface area contributed by atoms with Crippen LogP contribution in [0.2, 0.25) is 0 Å². The van der Waals surface area contributed by atoms with Crippen molar-refractivity contribution in [2.75, 3.05) is 0 Å². The van der Waals surface area contributed by atoms with Crippen LogP contribution in [0.5, 0.6) is 0 Å². The van der Waals surface area contributed by atoms with Crippen molar-refractivity contribution in [3.8, 4) is 0 Å². The van der Waals surface area contributed by atoms with E-state index in [9.17, 15) is 0 Å². The fraction of sp³-hybridized carbons (Fsp3) is 0.0476. The Balaban J connectivity index is 2.18. The van der Waals surface area contributed by atoms with Gasteiger partial charge in [0.2, 0.25) is 0 Å². The standard InChI is InChI=1S/C21H14/c1-2-6-15-11-12-19-18-8-4-3-7-16(18)13-17-10-9-14(5-1)20(15)21(17)19/h2-13H,1H2. The van der Waals surface area contributed by atoms with Crippen LogP contribution < -0.4 is 5.22 Å². The lowest BCUT2D eigenvalue weighted by Crippen LogP contribution is -2.03. The minimum atomic E-state index is 1.01. The van der Waals surface area contributed by atoms with Crippen LogP contribution in [0.25, 0.3) is 44.5 Å². The summed E-state index contributed by atoms with van der Waals surface area (Å²) in [5.41, 5.74) is 1.34. The van der Waals surface area contributed by atoms with Gasteiger partial charge in [0.25, 0.3) is 0 Å². The molecule has 0 aliphatic heterocycles. The second-order valence-corrected chi connectivity index (χ2v) is 5.77. The van der Waals surface area contributed by atoms with Crippen molar-refractivity contribution in [3.05, 3.63) is 71.5 Å². The van der Waals surface area contributed by atoms with Gasteiger partial charge in [0.15, 0.2) is 0 Å². The molecule has 0 heterocycles. The molecule has 0 unspecified atom stereocenters. The van der Waals surface area contributed by atoms with Gasteiger partial charge >= 0.3 is 0 Å². The average molecular weight is 266 g/mol. The van der Waals surface area contributed by atoms with Gasteiger partial charge in [-0.05, 0) is 55.6 Å². The molecule has 0 spiro atoms. The first-order chi connectivity index (χ1) is 10.4. The lowest BCUT2D eigenvalue weighted by Gasteiger charge is -2.12. The molecule has 0 bridgehead atoms. The van der Waals surface area contributed by atoms with Crippen LogP contribution in [0, 0.1) is 0 Å². The predicted molar refractivity (Wildman–Crippen MR) is 92.3 cm³/mol. The Hall–Kier alpha value is -2.60. The molecule has 1 aliphatic rings. The quantitative estimate of drug-likeness (QED) is 0.308. The summed E-state index contributed by atoms with van der Waals surface area (Å²) in [4.78, 5) is 0. The van der Waals surface area contributed by atoms with Gasteiger partial charge in [-0.2, -0.15) is 0 Å². The first kappa shape index (κ1) is 11.1. The van der Waals surface area contributed by atoms with E-state index in [-0.39, 0.29) is 0 Å². The lowest BCUT2D eigenvalue weighted by molar-refractivity contribution is 1.51. The fourth-order valence-electron chi connectivity index (χ4n) is 3.66. The van der Waals surface area contributed by atoms with Gasteiger partial charge in [-0.3, -0.25) is 0 Å². The van der Waals surface area contributed by atoms with Crippen LogP contribution in [0.1, 0.15) is 12.0 Å². The molecule has 1 aliphatic carbocycles. The smallest absolute Gasteiger partial charge is 0.00205 e. The van der Waals surface area contributed by atoms with E-state index >= 15 is 0 Å². The summed E-state index contributed by atoms with van der Waals surface area (Å²) in [6.07, 6.45) is 7.85. The molecule has 0 aromatic heterocycles. The second kappa shape index (κ2) is 3.95. The number of rotatable bonds is 0. The van der Waals surface area contributed by atoms with Gasteiger partial charge < -0.3 is 0 Å². The van der Waals surface area contributed by atoms with Crippen LogP contribution in [0.15, 0.2) is 60.7 Å². The topological polar surface area (TPSA) is 0 Å². The molecular weight excluding hydrogens is 252 g/mol. The highest BCUT2D eigenvalue weighted by molar-refractivity contribution is 6.22. The molecule has 5 rings (SSSR count). The highest BCUT2D eigenvalue weighted by Crippen LogP contribution is 2.34. The van der Waals surface area contributed by atoms with Gasteiger partial charge in [-0.1, -0.05) is 66.8 Å². The molecule has 0 saturated carbocycles. The fourth-order valence-corrected chi connectivity index (χ4v) is 3.66. The Morgan fingerprint density at radius 3 is 2.67 bits per heavy atom. The van der Waals surface area contributed by atoms with Gasteiger partial charge in [0.05, 0.1) is 0 Å². The average Bonchev–Trinajstić information content (AvgIpc) is 2.75. The zero-order valence-electron chi connectivity index (χ0n) is 11.6. The van der Waals surface area contributed by atoms with Crippen molar-refractivity contribution >= 4 is 44.5 Å². The van der Waals surface area contributed by atoms with Crippen LogP contribution in [0.3, 0.4) is 0 Å². The Morgan fingerprint density at radius 1 is 0.714 bits per heavy atom. The van der Waals surface area contributed by atoms with E-state index in [1.54, 1.807) is 0 Å². The van der Waals surface area contributed by atoms with E-state index in [1.165, 1.54) is 43.1 Å². The van der Waals surface area contributed by atoms with E-state index < -0.39 is 0 Å². The first-order valence-corrected chi connectivity index (χ1v) is 7.45. The van der Waals surface area contributed by atoms with Crippen molar-refractivity contribution in [3.63, 3.8) is 0 Å². The van der Waals surface area contributed by atoms with E-state index in [1.807, 2.05) is 0 Å². The maximum absolute atomic E-state index is 2.33. The van der Waals surface area contributed by atoms with Crippen molar-refractivity contribution in [2.45, 2.75) is 6.42 Å². The molecule has 0 atom stereocenters. The zero-order chi connectivity index (χ0) is 13.8. The molecule has 98 valence electrons. The van der Waals surface area contributed by atoms with E-state index in [0.29, 0.717) is 0 Å². The third-order valence-corrected chi connectivity index (χ3v) is 4.59. The Labute approximate surface area is 123 Å². The molecule has 0 saturated heterocycles. The first-order valence-electron chi connectivity index (χ1n) is 7.45. The third kappa shape index (κ3) is 1.45. The normalized spacial score (nSPS) is 13.7. The summed E-state index contributed by atoms with van der Waals surface area (Å²) < 4.78 is 0. The second-order valence-electron chi connectivity index (χ2n) is 5.77. The van der Waals surface area contributed by atoms with Crippen molar-refractivity contribution < 1.29 is 0 Å². The monoisotopic (exact) mass is 266 g/mol. The minimum absolute atomic E-state index is 1.01. The number of hydrogen-bond acceptors (Lipinski definition) is 0. The zero-order valence-corrected chi connectivity index (χ0v) is 11.6. The molecule has 4 aromatic rings. The summed E-state index contributed by atoms with van der Waals surface area (Å²) in [6.45, 7) is 0. The predicted octanol–water partition coefficient (Wildman–Crippen LogP) is 5.06. The summed E-state index contributed by atoms with van der Waals surface area (Å²) >= 11 is 0. The molecular formula is C21H14. The summed E-state index contributed by atoms with van der Waals surface area (Å²) in [6, 6.07) is 20.1. The number of benzene rings is 4. The molecule has 4 aromatic carbocycles. The molecule has 0 heteroatoms. The third-order valence-electron chi connectivity index (χ3n) is 4.59. The van der Waals surface area contributed by atoms with Gasteiger partial charge in [-0.15, -0.1) is 0 Å². The Morgan fingerprint density at radius 2 is 1.67 bits per heavy atom. The van der Waals surface area contributed by atoms with Gasteiger partial charge in [-0.25, -0.2) is 0 Å². The van der Waals surface area contributed by atoms with Crippen molar-refractivity contribution in [1.29, 1.82) is 0 Å². The minimum Gasteiger partial charge on any atom is -0.0801 e. The number of allylic oxidation sites excluding steroid dienone is 1. The van der Waals surface area contributed by atoms with Crippen LogP contribution in [0.4, 0.5) is 0 Å². The SMILES string of the molecule is C1=Cc2ccc3c4ccccc4cc4ccc(c2c43)=CC1. The van der Waals surface area contributed by atoms with Gasteiger partial charge in [0, 0.05) is 0 Å². The summed E-state index contributed by atoms with van der Waals surface area (Å²) in [5, 5.41) is 9.56. The molecule has 0 radical (unpaired) electrons. The highest BCUT2D eigenvalue weighted by Gasteiger charge is 2.10. The number of hydrogen-bond donors (Lipinski definition) is 0. The Bertz CT molecular complexity index is 1100. The molecule has 0 fully saturated rings.